The lowest BCUT2D eigenvalue weighted by atomic mass is 10.2. The molecule has 0 aliphatic rings. The summed E-state index contributed by atoms with van der Waals surface area (Å²) >= 11 is 4.72. The Morgan fingerprint density at radius 3 is 2.56 bits per heavy atom. The third kappa shape index (κ3) is 4.03. The highest BCUT2D eigenvalue weighted by atomic mass is 32.2. The smallest absolute Gasteiger partial charge is 0.229 e. The van der Waals surface area contributed by atoms with Gasteiger partial charge in [0.05, 0.1) is 11.9 Å². The fourth-order valence-corrected chi connectivity index (χ4v) is 1.83. The Balaban J connectivity index is 3.02. The van der Waals surface area contributed by atoms with Crippen molar-refractivity contribution in [2.75, 3.05) is 16.3 Å². The van der Waals surface area contributed by atoms with Crippen LogP contribution in [0, 0.1) is 6.92 Å². The zero-order valence-electron chi connectivity index (χ0n) is 8.94. The van der Waals surface area contributed by atoms with Gasteiger partial charge >= 0.3 is 0 Å². The zero-order valence-corrected chi connectivity index (χ0v) is 10.6. The number of hydrogen-bond donors (Lipinski definition) is 3. The van der Waals surface area contributed by atoms with E-state index in [-0.39, 0.29) is 5.11 Å². The maximum atomic E-state index is 11.0. The van der Waals surface area contributed by atoms with Crippen molar-refractivity contribution in [1.82, 2.24) is 0 Å². The fraction of sp³-hybridized carbons (Fsp3) is 0.222. The molecule has 16 heavy (non-hydrogen) atoms. The molecule has 0 saturated carbocycles. The van der Waals surface area contributed by atoms with Crippen LogP contribution in [0.25, 0.3) is 0 Å². The molecule has 0 radical (unpaired) electrons. The Hall–Kier alpha value is -1.34. The lowest BCUT2D eigenvalue weighted by Gasteiger charge is -2.10. The van der Waals surface area contributed by atoms with Gasteiger partial charge in [-0.05, 0) is 36.8 Å². The molecule has 0 aliphatic carbocycles. The third-order valence-electron chi connectivity index (χ3n) is 1.80. The minimum absolute atomic E-state index is 0.139. The average Bonchev–Trinajstić information content (AvgIpc) is 2.07. The first-order valence-electron chi connectivity index (χ1n) is 4.43. The predicted molar refractivity (Wildman–Crippen MR) is 70.1 cm³/mol. The molecule has 0 atom stereocenters. The fourth-order valence-electron chi connectivity index (χ4n) is 1.17. The molecule has 88 valence electrons. The van der Waals surface area contributed by atoms with Crippen molar-refractivity contribution >= 4 is 38.7 Å². The van der Waals surface area contributed by atoms with Gasteiger partial charge in [0.2, 0.25) is 10.0 Å². The van der Waals surface area contributed by atoms with E-state index >= 15 is 0 Å². The van der Waals surface area contributed by atoms with E-state index in [0.717, 1.165) is 11.8 Å². The van der Waals surface area contributed by atoms with Crippen LogP contribution in [0.4, 0.5) is 11.4 Å². The van der Waals surface area contributed by atoms with Crippen LogP contribution in [0.1, 0.15) is 5.56 Å². The lowest BCUT2D eigenvalue weighted by molar-refractivity contribution is 0.607. The van der Waals surface area contributed by atoms with Gasteiger partial charge in [-0.15, -0.1) is 0 Å². The van der Waals surface area contributed by atoms with Crippen LogP contribution in [-0.2, 0) is 10.0 Å². The number of hydrogen-bond acceptors (Lipinski definition) is 3. The van der Waals surface area contributed by atoms with Gasteiger partial charge in [0.1, 0.15) is 0 Å². The van der Waals surface area contributed by atoms with E-state index in [4.69, 9.17) is 18.0 Å². The third-order valence-corrected chi connectivity index (χ3v) is 2.51. The molecule has 0 heterocycles. The van der Waals surface area contributed by atoms with Crippen molar-refractivity contribution in [3.63, 3.8) is 0 Å². The molecule has 1 rings (SSSR count). The summed E-state index contributed by atoms with van der Waals surface area (Å²) in [6, 6.07) is 5.07. The molecule has 0 unspecified atom stereocenters. The summed E-state index contributed by atoms with van der Waals surface area (Å²) in [5, 5.41) is 2.91. The van der Waals surface area contributed by atoms with E-state index in [0.29, 0.717) is 11.4 Å². The summed E-state index contributed by atoms with van der Waals surface area (Å²) < 4.78 is 24.4. The number of nitrogens with two attached hydrogens (primary N) is 1. The number of aryl methyl sites for hydroxylation is 1. The predicted octanol–water partition coefficient (Wildman–Crippen LogP) is 1.02. The van der Waals surface area contributed by atoms with Gasteiger partial charge in [-0.3, -0.25) is 4.72 Å². The first-order valence-corrected chi connectivity index (χ1v) is 6.73. The summed E-state index contributed by atoms with van der Waals surface area (Å²) in [4.78, 5) is 0. The number of thiocarbonyl (C=S) groups is 1. The monoisotopic (exact) mass is 259 g/mol. The van der Waals surface area contributed by atoms with Crippen LogP contribution in [0.15, 0.2) is 18.2 Å². The highest BCUT2D eigenvalue weighted by molar-refractivity contribution is 7.92. The highest BCUT2D eigenvalue weighted by Crippen LogP contribution is 2.20. The summed E-state index contributed by atoms with van der Waals surface area (Å²) in [7, 11) is -3.28. The van der Waals surface area contributed by atoms with Crippen LogP contribution >= 0.6 is 12.2 Å². The Morgan fingerprint density at radius 1 is 1.44 bits per heavy atom. The molecule has 0 spiro atoms. The molecule has 1 aromatic carbocycles. The second-order valence-electron chi connectivity index (χ2n) is 3.39. The average molecular weight is 259 g/mol. The van der Waals surface area contributed by atoms with Crippen molar-refractivity contribution in [2.45, 2.75) is 6.92 Å². The topological polar surface area (TPSA) is 84.2 Å². The van der Waals surface area contributed by atoms with E-state index in [9.17, 15) is 8.42 Å². The number of benzene rings is 1. The molecular formula is C9H13N3O2S2. The van der Waals surface area contributed by atoms with Gasteiger partial charge in [-0.1, -0.05) is 6.07 Å². The Morgan fingerprint density at radius 2 is 2.06 bits per heavy atom. The van der Waals surface area contributed by atoms with E-state index in [1.807, 2.05) is 6.92 Å². The first-order chi connectivity index (χ1) is 7.28. The summed E-state index contributed by atoms with van der Waals surface area (Å²) in [5.74, 6) is 0. The molecule has 7 heteroatoms. The Bertz CT molecular complexity index is 511. The van der Waals surface area contributed by atoms with Crippen LogP contribution in [0.5, 0.6) is 0 Å². The SMILES string of the molecule is Cc1ccc(NS(C)(=O)=O)cc1NC(N)=S. The summed E-state index contributed by atoms with van der Waals surface area (Å²) in [5.41, 5.74) is 7.42. The van der Waals surface area contributed by atoms with Crippen LogP contribution in [0.3, 0.4) is 0 Å². The molecule has 0 amide bonds. The quantitative estimate of drug-likeness (QED) is 0.706. The molecule has 4 N–H and O–H groups in total. The van der Waals surface area contributed by atoms with Crippen molar-refractivity contribution in [3.05, 3.63) is 23.8 Å². The van der Waals surface area contributed by atoms with Gasteiger partial charge < -0.3 is 11.1 Å². The van der Waals surface area contributed by atoms with Gasteiger partial charge in [0.25, 0.3) is 0 Å². The number of rotatable bonds is 3. The summed E-state index contributed by atoms with van der Waals surface area (Å²) in [6.07, 6.45) is 1.09. The van der Waals surface area contributed by atoms with Gasteiger partial charge in [-0.25, -0.2) is 8.42 Å². The van der Waals surface area contributed by atoms with E-state index in [1.54, 1.807) is 18.2 Å². The second kappa shape index (κ2) is 4.67. The minimum Gasteiger partial charge on any atom is -0.376 e. The van der Waals surface area contributed by atoms with Crippen LogP contribution in [-0.4, -0.2) is 19.8 Å². The van der Waals surface area contributed by atoms with Gasteiger partial charge in [-0.2, -0.15) is 0 Å². The molecule has 0 saturated heterocycles. The number of nitrogens with one attached hydrogen (secondary N) is 2. The molecule has 0 aliphatic heterocycles. The molecule has 5 nitrogen and oxygen atoms in total. The molecule has 0 fully saturated rings. The van der Waals surface area contributed by atoms with E-state index in [2.05, 4.69) is 10.0 Å². The number of sulfonamides is 1. The largest absolute Gasteiger partial charge is 0.376 e. The molecule has 0 aromatic heterocycles. The normalized spacial score (nSPS) is 10.9. The molecule has 0 bridgehead atoms. The maximum Gasteiger partial charge on any atom is 0.229 e. The van der Waals surface area contributed by atoms with Crippen LogP contribution in [0.2, 0.25) is 0 Å². The maximum absolute atomic E-state index is 11.0. The van der Waals surface area contributed by atoms with Crippen molar-refractivity contribution < 1.29 is 8.42 Å². The Labute approximate surface area is 100 Å². The van der Waals surface area contributed by atoms with Crippen molar-refractivity contribution in [3.8, 4) is 0 Å². The van der Waals surface area contributed by atoms with Crippen molar-refractivity contribution in [2.24, 2.45) is 5.73 Å². The lowest BCUT2D eigenvalue weighted by Crippen LogP contribution is -2.19. The molecular weight excluding hydrogens is 246 g/mol. The molecule has 1 aromatic rings. The van der Waals surface area contributed by atoms with Gasteiger partial charge in [0.15, 0.2) is 5.11 Å². The second-order valence-corrected chi connectivity index (χ2v) is 5.58. The van der Waals surface area contributed by atoms with E-state index in [1.165, 1.54) is 0 Å². The highest BCUT2D eigenvalue weighted by Gasteiger charge is 2.05. The van der Waals surface area contributed by atoms with Crippen LogP contribution < -0.4 is 15.8 Å². The standard InChI is InChI=1S/C9H13N3O2S2/c1-6-3-4-7(12-16(2,13)14)5-8(6)11-9(10)15/h3-5,12H,1-2H3,(H3,10,11,15). The van der Waals surface area contributed by atoms with E-state index < -0.39 is 10.0 Å². The summed E-state index contributed by atoms with van der Waals surface area (Å²) in [6.45, 7) is 1.87. The van der Waals surface area contributed by atoms with Crippen molar-refractivity contribution in [1.29, 1.82) is 0 Å². The number of anilines is 2. The Kier molecular flexibility index (Phi) is 3.71. The zero-order chi connectivity index (χ0) is 12.3. The first kappa shape index (κ1) is 12.7. The van der Waals surface area contributed by atoms with Gasteiger partial charge in [0, 0.05) is 5.69 Å². The minimum atomic E-state index is -3.28.